The molecule has 0 spiro atoms. The van der Waals surface area contributed by atoms with E-state index in [1.165, 1.54) is 6.42 Å². The van der Waals surface area contributed by atoms with E-state index < -0.39 is 29.7 Å². The smallest absolute Gasteiger partial charge is 0.418 e. The fraction of sp³-hybridized carbons (Fsp3) is 0.577. The Hall–Kier alpha value is -2.99. The van der Waals surface area contributed by atoms with Crippen LogP contribution in [0.1, 0.15) is 44.4 Å². The molecule has 4 aliphatic rings. The second kappa shape index (κ2) is 10.4. The Morgan fingerprint density at radius 1 is 1.11 bits per heavy atom. The molecule has 1 aromatic heterocycles. The normalized spacial score (nSPS) is 29.3. The number of aliphatic hydroxyl groups excluding tert-OH is 2. The summed E-state index contributed by atoms with van der Waals surface area (Å²) in [7, 11) is 0. The van der Waals surface area contributed by atoms with Crippen LogP contribution in [0.25, 0.3) is 10.9 Å². The number of carbonyl (C=O) groups excluding carboxylic acids is 1. The molecule has 2 saturated heterocycles. The number of carboxylic acid groups (broad SMARTS) is 2. The monoisotopic (exact) mass is 518 g/mol. The van der Waals surface area contributed by atoms with E-state index in [4.69, 9.17) is 25.2 Å². The number of ether oxygens (including phenoxy) is 1. The quantitative estimate of drug-likeness (QED) is 0.390. The van der Waals surface area contributed by atoms with Crippen LogP contribution >= 0.6 is 0 Å². The maximum absolute atomic E-state index is 13.0. The summed E-state index contributed by atoms with van der Waals surface area (Å²) in [5.41, 5.74) is 1.81. The molecule has 37 heavy (non-hydrogen) atoms. The lowest BCUT2D eigenvalue weighted by atomic mass is 9.62. The highest BCUT2D eigenvalue weighted by Gasteiger charge is 2.58. The fourth-order valence-electron chi connectivity index (χ4n) is 6.55. The third-order valence-corrected chi connectivity index (χ3v) is 7.88. The van der Waals surface area contributed by atoms with Crippen molar-refractivity contribution in [1.29, 1.82) is 0 Å². The second-order valence-corrected chi connectivity index (χ2v) is 10.0. The number of rotatable bonds is 5. The summed E-state index contributed by atoms with van der Waals surface area (Å²) >= 11 is 0. The number of benzene rings is 1. The number of para-hydroxylation sites is 1. The van der Waals surface area contributed by atoms with E-state index in [1.54, 1.807) is 4.57 Å². The summed E-state index contributed by atoms with van der Waals surface area (Å²) in [6.45, 7) is 6.40. The van der Waals surface area contributed by atoms with Gasteiger partial charge in [-0.3, -0.25) is 4.90 Å². The highest BCUT2D eigenvalue weighted by atomic mass is 16.5. The van der Waals surface area contributed by atoms with Gasteiger partial charge in [0, 0.05) is 24.5 Å². The van der Waals surface area contributed by atoms with Crippen molar-refractivity contribution in [2.24, 2.45) is 11.8 Å². The van der Waals surface area contributed by atoms with Gasteiger partial charge in [-0.15, -0.1) is 0 Å². The molecule has 2 unspecified atom stereocenters. The lowest BCUT2D eigenvalue weighted by Gasteiger charge is -2.57. The summed E-state index contributed by atoms with van der Waals surface area (Å²) in [5.74, 6) is -2.57. The molecule has 7 atom stereocenters. The van der Waals surface area contributed by atoms with E-state index in [2.05, 4.69) is 17.9 Å². The van der Waals surface area contributed by atoms with Gasteiger partial charge in [-0.1, -0.05) is 31.5 Å². The lowest BCUT2D eigenvalue weighted by molar-refractivity contribution is -0.165. The third kappa shape index (κ3) is 4.61. The molecule has 1 aliphatic carbocycles. The van der Waals surface area contributed by atoms with Crippen LogP contribution in [0.2, 0.25) is 0 Å². The predicted octanol–water partition coefficient (Wildman–Crippen LogP) is 1.39. The third-order valence-electron chi connectivity index (χ3n) is 7.88. The lowest BCUT2D eigenvalue weighted by Crippen LogP contribution is -2.64. The average Bonchev–Trinajstić information content (AvgIpc) is 3.17. The van der Waals surface area contributed by atoms with Crippen LogP contribution in [-0.2, 0) is 26.3 Å². The van der Waals surface area contributed by atoms with Gasteiger partial charge in [0.2, 0.25) is 0 Å². The standard InChI is InChI=1S/C22H28N2O3.C4H6O6/c1-3-15-11-14-12-22(26)19(15)23(13-14)10-9-17-16-7-5-6-8-18(16)24(20(17)22)21(25)27-4-2;5-1(3(7)8)2(6)4(9)10/h5-8,14-15,19,26H,3-4,9-13H2,1-2H3;1-2,5-6H,(H,7,8)(H,9,10)/t14-,15+,19+,22+;/m1./s1. The Morgan fingerprint density at radius 2 is 1.76 bits per heavy atom. The molecule has 1 saturated carbocycles. The molecule has 3 aliphatic heterocycles. The number of hydrogen-bond acceptors (Lipinski definition) is 8. The summed E-state index contributed by atoms with van der Waals surface area (Å²) in [6, 6.07) is 8.11. The first-order chi connectivity index (χ1) is 17.5. The van der Waals surface area contributed by atoms with Crippen LogP contribution in [0.15, 0.2) is 24.3 Å². The zero-order valence-electron chi connectivity index (χ0n) is 20.9. The van der Waals surface area contributed by atoms with E-state index >= 15 is 0 Å². The minimum Gasteiger partial charge on any atom is -0.479 e. The molecule has 1 aromatic carbocycles. The molecule has 11 heteroatoms. The topological polar surface area (TPSA) is 170 Å². The Balaban J connectivity index is 0.000000275. The van der Waals surface area contributed by atoms with Gasteiger partial charge in [0.1, 0.15) is 5.60 Å². The van der Waals surface area contributed by atoms with Crippen LogP contribution in [0.5, 0.6) is 0 Å². The second-order valence-electron chi connectivity index (χ2n) is 10.0. The fourth-order valence-corrected chi connectivity index (χ4v) is 6.55. The van der Waals surface area contributed by atoms with E-state index in [1.807, 2.05) is 25.1 Å². The largest absolute Gasteiger partial charge is 0.479 e. The van der Waals surface area contributed by atoms with Crippen molar-refractivity contribution in [2.75, 3.05) is 19.7 Å². The molecule has 3 fully saturated rings. The summed E-state index contributed by atoms with van der Waals surface area (Å²) < 4.78 is 7.10. The van der Waals surface area contributed by atoms with Crippen LogP contribution in [0.3, 0.4) is 0 Å². The molecule has 0 amide bonds. The molecule has 4 heterocycles. The molecular weight excluding hydrogens is 484 g/mol. The Kier molecular flexibility index (Phi) is 7.61. The highest BCUT2D eigenvalue weighted by molar-refractivity contribution is 5.94. The van der Waals surface area contributed by atoms with Crippen molar-refractivity contribution < 1.29 is 44.7 Å². The van der Waals surface area contributed by atoms with Crippen molar-refractivity contribution in [3.05, 3.63) is 35.5 Å². The number of fused-ring (bicyclic) bond motifs is 4. The van der Waals surface area contributed by atoms with Gasteiger partial charge < -0.3 is 30.3 Å². The van der Waals surface area contributed by atoms with Crippen LogP contribution in [0, 0.1) is 11.8 Å². The van der Waals surface area contributed by atoms with Crippen LogP contribution < -0.4 is 0 Å². The number of carboxylic acids is 2. The summed E-state index contributed by atoms with van der Waals surface area (Å²) in [4.78, 5) is 35.0. The van der Waals surface area contributed by atoms with E-state index in [0.29, 0.717) is 18.4 Å². The number of nitrogens with zero attached hydrogens (tertiary/aromatic N) is 2. The van der Waals surface area contributed by atoms with Crippen molar-refractivity contribution in [3.63, 3.8) is 0 Å². The van der Waals surface area contributed by atoms with E-state index in [0.717, 1.165) is 54.5 Å². The van der Waals surface area contributed by atoms with Gasteiger partial charge in [-0.2, -0.15) is 0 Å². The van der Waals surface area contributed by atoms with Crippen LogP contribution in [-0.4, -0.2) is 91.0 Å². The SMILES string of the molecule is CCOC(=O)n1c2c(c3ccccc31)CC[N@@]1C[C@@H]3C[C@H](CC)[C@H]1[C@@]2(O)C3.O=C(O)C(O)C(O)C(=O)O. The van der Waals surface area contributed by atoms with Gasteiger partial charge in [-0.05, 0) is 49.7 Å². The molecule has 4 bridgehead atoms. The number of hydrogen-bond donors (Lipinski definition) is 5. The molecule has 202 valence electrons. The zero-order valence-corrected chi connectivity index (χ0v) is 20.9. The first-order valence-electron chi connectivity index (χ1n) is 12.6. The molecule has 11 nitrogen and oxygen atoms in total. The summed E-state index contributed by atoms with van der Waals surface area (Å²) in [6.07, 6.45) is -1.04. The number of carbonyl (C=O) groups is 3. The zero-order chi connectivity index (χ0) is 27.1. The molecule has 5 N–H and O–H groups in total. The molecule has 2 aromatic rings. The minimum absolute atomic E-state index is 0.0891. The van der Waals surface area contributed by atoms with Crippen molar-refractivity contribution in [2.45, 2.75) is 63.4 Å². The predicted molar refractivity (Wildman–Crippen MR) is 131 cm³/mol. The van der Waals surface area contributed by atoms with Gasteiger partial charge in [0.15, 0.2) is 12.2 Å². The number of aromatic nitrogens is 1. The van der Waals surface area contributed by atoms with Crippen molar-refractivity contribution in [3.8, 4) is 0 Å². The molecule has 6 rings (SSSR count). The number of aliphatic carboxylic acids is 2. The van der Waals surface area contributed by atoms with Gasteiger partial charge in [0.05, 0.1) is 17.8 Å². The van der Waals surface area contributed by atoms with Crippen molar-refractivity contribution in [1.82, 2.24) is 9.47 Å². The minimum atomic E-state index is -2.27. The maximum atomic E-state index is 13.0. The average molecular weight is 519 g/mol. The first kappa shape index (κ1) is 27.1. The molecule has 0 radical (unpaired) electrons. The van der Waals surface area contributed by atoms with E-state index in [-0.39, 0.29) is 12.1 Å². The number of aliphatic hydroxyl groups is 3. The van der Waals surface area contributed by atoms with Gasteiger partial charge >= 0.3 is 18.0 Å². The highest BCUT2D eigenvalue weighted by Crippen LogP contribution is 2.54. The van der Waals surface area contributed by atoms with Gasteiger partial charge in [-0.25, -0.2) is 19.0 Å². The van der Waals surface area contributed by atoms with Crippen molar-refractivity contribution >= 4 is 28.9 Å². The summed E-state index contributed by atoms with van der Waals surface area (Å²) in [5, 5.41) is 45.8. The Morgan fingerprint density at radius 3 is 2.35 bits per heavy atom. The Labute approximate surface area is 213 Å². The van der Waals surface area contributed by atoms with E-state index in [9.17, 15) is 19.5 Å². The van der Waals surface area contributed by atoms with Gasteiger partial charge in [0.25, 0.3) is 0 Å². The Bertz CT molecular complexity index is 1180. The van der Waals surface area contributed by atoms with Crippen LogP contribution in [0.4, 0.5) is 4.79 Å². The molecular formula is C26H34N2O9. The number of piperidine rings is 2. The maximum Gasteiger partial charge on any atom is 0.418 e. The first-order valence-corrected chi connectivity index (χ1v) is 12.6.